The lowest BCUT2D eigenvalue weighted by molar-refractivity contribution is -0.216. The third-order valence-electron chi connectivity index (χ3n) is 2.02. The third-order valence-corrected chi connectivity index (χ3v) is 2.02. The van der Waals surface area contributed by atoms with Crippen LogP contribution in [-0.4, -0.2) is 12.3 Å². The molecule has 2 N–H and O–H groups in total. The predicted molar refractivity (Wildman–Crippen MR) is 37.1 cm³/mol. The van der Waals surface area contributed by atoms with E-state index in [0.717, 1.165) is 19.3 Å². The van der Waals surface area contributed by atoms with Gasteiger partial charge in [-0.05, 0) is 25.7 Å². The van der Waals surface area contributed by atoms with Gasteiger partial charge in [-0.2, -0.15) is 8.78 Å². The van der Waals surface area contributed by atoms with E-state index in [1.807, 2.05) is 0 Å². The lowest BCUT2D eigenvalue weighted by Gasteiger charge is -2.32. The van der Waals surface area contributed by atoms with Gasteiger partial charge in [-0.3, -0.25) is 0 Å². The fourth-order valence-electron chi connectivity index (χ4n) is 1.45. The molecule has 1 aliphatic carbocycles. The zero-order valence-electron chi connectivity index (χ0n) is 6.35. The largest absolute Gasteiger partial charge is 0.346 e. The van der Waals surface area contributed by atoms with Crippen LogP contribution < -0.4 is 5.73 Å². The minimum absolute atomic E-state index is 0.553. The summed E-state index contributed by atoms with van der Waals surface area (Å²) in [5, 5.41) is 0. The van der Waals surface area contributed by atoms with Crippen LogP contribution >= 0.6 is 0 Å². The van der Waals surface area contributed by atoms with Crippen LogP contribution in [0.25, 0.3) is 0 Å². The SMILES string of the molecule is NC1(OC(F)F)CCCCC1. The molecular weight excluding hydrogens is 152 g/mol. The van der Waals surface area contributed by atoms with Crippen molar-refractivity contribution in [3.05, 3.63) is 0 Å². The van der Waals surface area contributed by atoms with E-state index in [9.17, 15) is 8.78 Å². The number of halogens is 2. The van der Waals surface area contributed by atoms with E-state index >= 15 is 0 Å². The molecule has 0 atom stereocenters. The average Bonchev–Trinajstić information content (AvgIpc) is 1.85. The fourth-order valence-corrected chi connectivity index (χ4v) is 1.45. The second-order valence-electron chi connectivity index (χ2n) is 3.00. The predicted octanol–water partition coefficient (Wildman–Crippen LogP) is 1.84. The topological polar surface area (TPSA) is 35.2 Å². The molecule has 1 aliphatic rings. The van der Waals surface area contributed by atoms with E-state index < -0.39 is 12.3 Å². The van der Waals surface area contributed by atoms with Crippen LogP contribution in [0.1, 0.15) is 32.1 Å². The quantitative estimate of drug-likeness (QED) is 0.634. The summed E-state index contributed by atoms with van der Waals surface area (Å²) in [6.07, 6.45) is 3.96. The van der Waals surface area contributed by atoms with Crippen molar-refractivity contribution < 1.29 is 13.5 Å². The molecular formula is C7H13F2NO. The van der Waals surface area contributed by atoms with Gasteiger partial charge in [0.2, 0.25) is 0 Å². The molecule has 1 saturated carbocycles. The van der Waals surface area contributed by atoms with Crippen LogP contribution in [-0.2, 0) is 4.74 Å². The molecule has 0 amide bonds. The summed E-state index contributed by atoms with van der Waals surface area (Å²) in [6, 6.07) is 0. The Morgan fingerprint density at radius 1 is 1.18 bits per heavy atom. The highest BCUT2D eigenvalue weighted by Gasteiger charge is 2.31. The summed E-state index contributed by atoms with van der Waals surface area (Å²) < 4.78 is 27.8. The zero-order valence-corrected chi connectivity index (χ0v) is 6.35. The fraction of sp³-hybridized carbons (Fsp3) is 1.00. The van der Waals surface area contributed by atoms with Gasteiger partial charge in [0, 0.05) is 0 Å². The minimum atomic E-state index is -2.74. The van der Waals surface area contributed by atoms with Gasteiger partial charge < -0.3 is 10.5 Å². The molecule has 1 fully saturated rings. The molecule has 11 heavy (non-hydrogen) atoms. The Labute approximate surface area is 64.7 Å². The van der Waals surface area contributed by atoms with E-state index in [0.29, 0.717) is 12.8 Å². The normalized spacial score (nSPS) is 24.0. The highest BCUT2D eigenvalue weighted by atomic mass is 19.3. The summed E-state index contributed by atoms with van der Waals surface area (Å²) in [5.74, 6) is 0. The summed E-state index contributed by atoms with van der Waals surface area (Å²) in [6.45, 7) is -2.74. The second-order valence-corrected chi connectivity index (χ2v) is 3.00. The maximum Gasteiger partial charge on any atom is 0.346 e. The van der Waals surface area contributed by atoms with Crippen molar-refractivity contribution in [2.75, 3.05) is 0 Å². The maximum atomic E-state index is 11.8. The molecule has 4 heteroatoms. The van der Waals surface area contributed by atoms with Crippen molar-refractivity contribution in [2.24, 2.45) is 5.73 Å². The smallest absolute Gasteiger partial charge is 0.303 e. The molecule has 0 bridgehead atoms. The molecule has 0 saturated heterocycles. The number of nitrogens with two attached hydrogens (primary N) is 1. The third kappa shape index (κ3) is 2.71. The van der Waals surface area contributed by atoms with Gasteiger partial charge in [-0.15, -0.1) is 0 Å². The number of alkyl halides is 2. The molecule has 0 aliphatic heterocycles. The standard InChI is InChI=1S/C7H13F2NO/c8-6(9)11-7(10)4-2-1-3-5-7/h6H,1-5,10H2. The van der Waals surface area contributed by atoms with Crippen molar-refractivity contribution in [2.45, 2.75) is 44.4 Å². The van der Waals surface area contributed by atoms with Gasteiger partial charge in [0.15, 0.2) is 0 Å². The molecule has 0 aromatic carbocycles. The number of hydrogen-bond donors (Lipinski definition) is 1. The van der Waals surface area contributed by atoms with Gasteiger partial charge in [-0.1, -0.05) is 6.42 Å². The van der Waals surface area contributed by atoms with Crippen LogP contribution in [0.3, 0.4) is 0 Å². The lowest BCUT2D eigenvalue weighted by Crippen LogP contribution is -2.45. The second kappa shape index (κ2) is 3.45. The van der Waals surface area contributed by atoms with Crippen molar-refractivity contribution in [3.63, 3.8) is 0 Å². The van der Waals surface area contributed by atoms with Crippen molar-refractivity contribution in [1.82, 2.24) is 0 Å². The molecule has 0 heterocycles. The molecule has 0 radical (unpaired) electrons. The Morgan fingerprint density at radius 2 is 1.73 bits per heavy atom. The molecule has 0 aromatic heterocycles. The Hall–Kier alpha value is -0.220. The van der Waals surface area contributed by atoms with Crippen LogP contribution in [0.2, 0.25) is 0 Å². The van der Waals surface area contributed by atoms with E-state index in [1.165, 1.54) is 0 Å². The van der Waals surface area contributed by atoms with Gasteiger partial charge in [-0.25, -0.2) is 0 Å². The number of ether oxygens (including phenoxy) is 1. The molecule has 0 spiro atoms. The first-order chi connectivity index (χ1) is 5.12. The Balaban J connectivity index is 2.37. The average molecular weight is 165 g/mol. The highest BCUT2D eigenvalue weighted by Crippen LogP contribution is 2.28. The molecule has 2 nitrogen and oxygen atoms in total. The molecule has 0 unspecified atom stereocenters. The zero-order chi connectivity index (χ0) is 8.32. The van der Waals surface area contributed by atoms with Gasteiger partial charge in [0.05, 0.1) is 0 Å². The number of hydrogen-bond acceptors (Lipinski definition) is 2. The monoisotopic (exact) mass is 165 g/mol. The van der Waals surface area contributed by atoms with Gasteiger partial charge >= 0.3 is 6.61 Å². The van der Waals surface area contributed by atoms with E-state index in [-0.39, 0.29) is 0 Å². The summed E-state index contributed by atoms with van der Waals surface area (Å²) in [7, 11) is 0. The first-order valence-electron chi connectivity index (χ1n) is 3.87. The van der Waals surface area contributed by atoms with E-state index in [4.69, 9.17) is 5.73 Å². The Bertz CT molecular complexity index is 124. The molecule has 66 valence electrons. The van der Waals surface area contributed by atoms with E-state index in [2.05, 4.69) is 4.74 Å². The first kappa shape index (κ1) is 8.87. The summed E-state index contributed by atoms with van der Waals surface area (Å²) >= 11 is 0. The number of rotatable bonds is 2. The molecule has 0 aromatic rings. The Morgan fingerprint density at radius 3 is 2.18 bits per heavy atom. The summed E-state index contributed by atoms with van der Waals surface area (Å²) in [4.78, 5) is 0. The van der Waals surface area contributed by atoms with Crippen LogP contribution in [0.4, 0.5) is 8.78 Å². The van der Waals surface area contributed by atoms with Gasteiger partial charge in [0.1, 0.15) is 5.72 Å². The minimum Gasteiger partial charge on any atom is -0.303 e. The van der Waals surface area contributed by atoms with Crippen molar-refractivity contribution in [3.8, 4) is 0 Å². The van der Waals surface area contributed by atoms with E-state index in [1.54, 1.807) is 0 Å². The van der Waals surface area contributed by atoms with Crippen molar-refractivity contribution >= 4 is 0 Å². The molecule has 1 rings (SSSR count). The van der Waals surface area contributed by atoms with Crippen LogP contribution in [0.15, 0.2) is 0 Å². The van der Waals surface area contributed by atoms with Gasteiger partial charge in [0.25, 0.3) is 0 Å². The maximum absolute atomic E-state index is 11.8. The van der Waals surface area contributed by atoms with Crippen molar-refractivity contribution in [1.29, 1.82) is 0 Å². The Kier molecular flexibility index (Phi) is 2.78. The summed E-state index contributed by atoms with van der Waals surface area (Å²) in [5.41, 5.74) is 4.51. The lowest BCUT2D eigenvalue weighted by atomic mass is 9.92. The highest BCUT2D eigenvalue weighted by molar-refractivity contribution is 4.77. The first-order valence-corrected chi connectivity index (χ1v) is 3.87. The van der Waals surface area contributed by atoms with Crippen LogP contribution in [0, 0.1) is 0 Å². The van der Waals surface area contributed by atoms with Crippen LogP contribution in [0.5, 0.6) is 0 Å².